The van der Waals surface area contributed by atoms with Gasteiger partial charge in [-0.3, -0.25) is 4.79 Å². The number of pyridine rings is 1. The molecule has 6 nitrogen and oxygen atoms in total. The molecule has 26 heavy (non-hydrogen) atoms. The van der Waals surface area contributed by atoms with Gasteiger partial charge in [0.15, 0.2) is 0 Å². The van der Waals surface area contributed by atoms with Crippen LogP contribution in [0.15, 0.2) is 30.3 Å². The Labute approximate surface area is 155 Å². The maximum absolute atomic E-state index is 12.6. The molecule has 1 unspecified atom stereocenters. The molecule has 0 saturated carbocycles. The van der Waals surface area contributed by atoms with Crippen molar-refractivity contribution >= 4 is 44.7 Å². The molecule has 1 atom stereocenters. The number of nitriles is 1. The third-order valence-electron chi connectivity index (χ3n) is 4.43. The number of nitrogens with one attached hydrogen (secondary N) is 1. The number of carbonyl (C=O) groups is 1. The van der Waals surface area contributed by atoms with Crippen molar-refractivity contribution in [3.8, 4) is 6.07 Å². The number of nitrogens with two attached hydrogens (primary N) is 2. The molecule has 7 heteroatoms. The van der Waals surface area contributed by atoms with Crippen LogP contribution < -0.4 is 16.8 Å². The van der Waals surface area contributed by atoms with Gasteiger partial charge in [0.05, 0.1) is 11.3 Å². The lowest BCUT2D eigenvalue weighted by molar-refractivity contribution is 0.103. The van der Waals surface area contributed by atoms with Gasteiger partial charge < -0.3 is 16.8 Å². The van der Waals surface area contributed by atoms with E-state index in [-0.39, 0.29) is 17.3 Å². The van der Waals surface area contributed by atoms with E-state index in [4.69, 9.17) is 16.7 Å². The molecule has 5 N–H and O–H groups in total. The summed E-state index contributed by atoms with van der Waals surface area (Å²) in [6.45, 7) is 4.31. The predicted octanol–water partition coefficient (Wildman–Crippen LogP) is 4.10. The number of thiophene rings is 1. The molecule has 3 rings (SSSR count). The minimum atomic E-state index is -0.307. The van der Waals surface area contributed by atoms with Gasteiger partial charge in [0.2, 0.25) is 0 Å². The highest BCUT2D eigenvalue weighted by Crippen LogP contribution is 2.34. The van der Waals surface area contributed by atoms with Crippen molar-refractivity contribution in [1.82, 2.24) is 4.98 Å². The number of rotatable bonds is 4. The van der Waals surface area contributed by atoms with Crippen LogP contribution in [-0.2, 0) is 0 Å². The van der Waals surface area contributed by atoms with Gasteiger partial charge in [-0.25, -0.2) is 4.98 Å². The van der Waals surface area contributed by atoms with Crippen molar-refractivity contribution in [2.75, 3.05) is 16.8 Å². The van der Waals surface area contributed by atoms with Crippen LogP contribution in [0.5, 0.6) is 0 Å². The molecule has 0 spiro atoms. The molecule has 0 aliphatic heterocycles. The van der Waals surface area contributed by atoms with E-state index in [2.05, 4.69) is 24.1 Å². The highest BCUT2D eigenvalue weighted by Gasteiger charge is 2.19. The van der Waals surface area contributed by atoms with E-state index in [0.29, 0.717) is 32.4 Å². The number of hydrogen-bond acceptors (Lipinski definition) is 6. The highest BCUT2D eigenvalue weighted by molar-refractivity contribution is 7.21. The normalized spacial score (nSPS) is 11.9. The molecule has 0 aliphatic rings. The summed E-state index contributed by atoms with van der Waals surface area (Å²) < 4.78 is 0. The molecule has 0 saturated heterocycles. The molecular formula is C19H19N5OS. The van der Waals surface area contributed by atoms with Crippen LogP contribution in [0.25, 0.3) is 10.2 Å². The van der Waals surface area contributed by atoms with Crippen molar-refractivity contribution in [2.24, 2.45) is 0 Å². The van der Waals surface area contributed by atoms with Gasteiger partial charge >= 0.3 is 0 Å². The molecule has 2 aromatic heterocycles. The number of amides is 1. The van der Waals surface area contributed by atoms with Gasteiger partial charge in [0.25, 0.3) is 5.91 Å². The smallest absolute Gasteiger partial charge is 0.267 e. The predicted molar refractivity (Wildman–Crippen MR) is 106 cm³/mol. The van der Waals surface area contributed by atoms with E-state index >= 15 is 0 Å². The minimum absolute atomic E-state index is 0.133. The van der Waals surface area contributed by atoms with Crippen LogP contribution in [0.2, 0.25) is 0 Å². The molecule has 0 bridgehead atoms. The van der Waals surface area contributed by atoms with Crippen molar-refractivity contribution in [3.63, 3.8) is 0 Å². The van der Waals surface area contributed by atoms with Crippen molar-refractivity contribution in [1.29, 1.82) is 5.26 Å². The highest BCUT2D eigenvalue weighted by atomic mass is 32.1. The summed E-state index contributed by atoms with van der Waals surface area (Å²) in [5.41, 5.74) is 14.3. The van der Waals surface area contributed by atoms with Crippen LogP contribution in [-0.4, -0.2) is 10.9 Å². The van der Waals surface area contributed by atoms with Crippen molar-refractivity contribution in [2.45, 2.75) is 26.2 Å². The second-order valence-corrected chi connectivity index (χ2v) is 7.12. The summed E-state index contributed by atoms with van der Waals surface area (Å²) >= 11 is 1.16. The Balaban J connectivity index is 1.88. The zero-order valence-corrected chi connectivity index (χ0v) is 15.4. The van der Waals surface area contributed by atoms with Crippen LogP contribution in [0.3, 0.4) is 0 Å². The fourth-order valence-corrected chi connectivity index (χ4v) is 3.61. The lowest BCUT2D eigenvalue weighted by Crippen LogP contribution is -2.12. The Hall–Kier alpha value is -3.11. The summed E-state index contributed by atoms with van der Waals surface area (Å²) in [5, 5.41) is 12.5. The summed E-state index contributed by atoms with van der Waals surface area (Å²) in [6, 6.07) is 11.3. The van der Waals surface area contributed by atoms with Gasteiger partial charge in [-0.05, 0) is 36.1 Å². The molecule has 0 fully saturated rings. The Morgan fingerprint density at radius 3 is 2.65 bits per heavy atom. The zero-order chi connectivity index (χ0) is 18.8. The maximum atomic E-state index is 12.6. The van der Waals surface area contributed by atoms with E-state index in [1.165, 1.54) is 5.56 Å². The number of aromatic nitrogens is 1. The van der Waals surface area contributed by atoms with Crippen LogP contribution in [0.4, 0.5) is 17.2 Å². The van der Waals surface area contributed by atoms with E-state index in [1.54, 1.807) is 6.07 Å². The van der Waals surface area contributed by atoms with Crippen LogP contribution in [0.1, 0.15) is 47.0 Å². The third kappa shape index (κ3) is 3.19. The second kappa shape index (κ2) is 7.02. The number of nitrogen functional groups attached to an aromatic ring is 2. The van der Waals surface area contributed by atoms with E-state index in [1.807, 2.05) is 30.3 Å². The van der Waals surface area contributed by atoms with Crippen molar-refractivity contribution < 1.29 is 4.79 Å². The van der Waals surface area contributed by atoms with E-state index in [0.717, 1.165) is 17.8 Å². The number of nitrogens with zero attached hydrogens (tertiary/aromatic N) is 2. The lowest BCUT2D eigenvalue weighted by Gasteiger charge is -2.10. The second-order valence-electron chi connectivity index (χ2n) is 6.12. The Kier molecular flexibility index (Phi) is 4.78. The number of anilines is 3. The summed E-state index contributed by atoms with van der Waals surface area (Å²) in [6.07, 6.45) is 1.06. The molecule has 3 aromatic rings. The average Bonchev–Trinajstić information content (AvgIpc) is 2.96. The fraction of sp³-hybridized carbons (Fsp3) is 0.211. The standard InChI is InChI=1S/C19H19N5OS/c1-3-10(2)11-4-6-13(7-5-11)23-18(25)16-15(21)14-8-12(9-20)17(22)24-19(14)26-16/h4-8,10H,3,21H2,1-2H3,(H2,22,24)(H,23,25). The van der Waals surface area contributed by atoms with Gasteiger partial charge in [-0.2, -0.15) is 5.26 Å². The monoisotopic (exact) mass is 365 g/mol. The first-order chi connectivity index (χ1) is 12.4. The first-order valence-corrected chi connectivity index (χ1v) is 9.06. The minimum Gasteiger partial charge on any atom is -0.397 e. The first kappa shape index (κ1) is 17.7. The molecule has 2 heterocycles. The number of benzene rings is 1. The topological polar surface area (TPSA) is 118 Å². The summed E-state index contributed by atoms with van der Waals surface area (Å²) in [4.78, 5) is 17.7. The number of fused-ring (bicyclic) bond motifs is 1. The SMILES string of the molecule is CCC(C)c1ccc(NC(=O)c2sc3nc(N)c(C#N)cc3c2N)cc1. The molecule has 1 amide bonds. The van der Waals surface area contributed by atoms with Crippen LogP contribution >= 0.6 is 11.3 Å². The first-order valence-electron chi connectivity index (χ1n) is 8.24. The summed E-state index contributed by atoms with van der Waals surface area (Å²) in [5.74, 6) is 0.302. The Bertz CT molecular complexity index is 1020. The summed E-state index contributed by atoms with van der Waals surface area (Å²) in [7, 11) is 0. The van der Waals surface area contributed by atoms with Gasteiger partial charge in [-0.1, -0.05) is 26.0 Å². The van der Waals surface area contributed by atoms with E-state index in [9.17, 15) is 4.79 Å². The van der Waals surface area contributed by atoms with Gasteiger partial charge in [0, 0.05) is 11.1 Å². The molecule has 0 aliphatic carbocycles. The van der Waals surface area contributed by atoms with Crippen LogP contribution in [0, 0.1) is 11.3 Å². The third-order valence-corrected chi connectivity index (χ3v) is 5.54. The fourth-order valence-electron chi connectivity index (χ4n) is 2.63. The van der Waals surface area contributed by atoms with Gasteiger partial charge in [-0.15, -0.1) is 11.3 Å². The maximum Gasteiger partial charge on any atom is 0.267 e. The average molecular weight is 365 g/mol. The van der Waals surface area contributed by atoms with Crippen molar-refractivity contribution in [3.05, 3.63) is 46.3 Å². The molecule has 132 valence electrons. The molecular weight excluding hydrogens is 346 g/mol. The number of carbonyl (C=O) groups excluding carboxylic acids is 1. The molecule has 1 aromatic carbocycles. The van der Waals surface area contributed by atoms with Gasteiger partial charge in [0.1, 0.15) is 21.6 Å². The van der Waals surface area contributed by atoms with E-state index < -0.39 is 0 Å². The quantitative estimate of drug-likeness (QED) is 0.643. The number of hydrogen-bond donors (Lipinski definition) is 3. The largest absolute Gasteiger partial charge is 0.397 e. The Morgan fingerprint density at radius 2 is 2.04 bits per heavy atom. The Morgan fingerprint density at radius 1 is 1.35 bits per heavy atom. The molecule has 0 radical (unpaired) electrons. The zero-order valence-electron chi connectivity index (χ0n) is 14.5. The lowest BCUT2D eigenvalue weighted by atomic mass is 9.99.